The molecular weight excluding hydrogens is 405 g/mol. The van der Waals surface area contributed by atoms with Crippen molar-refractivity contribution in [3.8, 4) is 0 Å². The van der Waals surface area contributed by atoms with Crippen molar-refractivity contribution in [1.82, 2.24) is 4.72 Å². The van der Waals surface area contributed by atoms with Crippen LogP contribution in [-0.2, 0) is 27.4 Å². The zero-order valence-electron chi connectivity index (χ0n) is 16.3. The SMILES string of the molecule is CC(C)(C)NS(=O)(=O)c1ccc(CCC(=O)Nc2cccc(C(F)(F)F)c2)cc1. The quantitative estimate of drug-likeness (QED) is 0.718. The van der Waals surface area contributed by atoms with Crippen molar-refractivity contribution in [3.05, 3.63) is 59.7 Å². The fraction of sp³-hybridized carbons (Fsp3) is 0.350. The Kier molecular flexibility index (Phi) is 6.74. The van der Waals surface area contributed by atoms with Crippen molar-refractivity contribution in [2.24, 2.45) is 0 Å². The fourth-order valence-corrected chi connectivity index (χ4v) is 3.97. The lowest BCUT2D eigenvalue weighted by molar-refractivity contribution is -0.137. The molecule has 0 heterocycles. The number of carbonyl (C=O) groups is 1. The van der Waals surface area contributed by atoms with Gasteiger partial charge in [0, 0.05) is 17.6 Å². The molecule has 0 fully saturated rings. The lowest BCUT2D eigenvalue weighted by atomic mass is 10.1. The van der Waals surface area contributed by atoms with E-state index in [1.165, 1.54) is 24.3 Å². The fourth-order valence-electron chi connectivity index (χ4n) is 2.55. The molecule has 2 aromatic rings. The van der Waals surface area contributed by atoms with Gasteiger partial charge in [0.15, 0.2) is 0 Å². The molecule has 0 aromatic heterocycles. The first-order valence-electron chi connectivity index (χ1n) is 8.86. The van der Waals surface area contributed by atoms with Crippen molar-refractivity contribution in [2.75, 3.05) is 5.32 Å². The maximum atomic E-state index is 12.7. The molecule has 29 heavy (non-hydrogen) atoms. The van der Waals surface area contributed by atoms with Crippen LogP contribution in [0, 0.1) is 0 Å². The number of halogens is 3. The number of amides is 1. The van der Waals surface area contributed by atoms with Crippen LogP contribution in [0.15, 0.2) is 53.4 Å². The molecule has 0 unspecified atom stereocenters. The van der Waals surface area contributed by atoms with Crippen LogP contribution >= 0.6 is 0 Å². The van der Waals surface area contributed by atoms with Gasteiger partial charge in [0.05, 0.1) is 10.5 Å². The van der Waals surface area contributed by atoms with E-state index in [0.717, 1.165) is 17.7 Å². The molecule has 0 radical (unpaired) electrons. The van der Waals surface area contributed by atoms with Crippen molar-refractivity contribution < 1.29 is 26.4 Å². The standard InChI is InChI=1S/C20H23F3N2O3S/c1-19(2,3)25-29(27,28)17-10-7-14(8-11-17)9-12-18(26)24-16-6-4-5-15(13-16)20(21,22)23/h4-8,10-11,13,25H,9,12H2,1-3H3,(H,24,26). The minimum Gasteiger partial charge on any atom is -0.326 e. The zero-order valence-corrected chi connectivity index (χ0v) is 17.1. The third-order valence-electron chi connectivity index (χ3n) is 3.79. The molecule has 1 amide bonds. The van der Waals surface area contributed by atoms with Gasteiger partial charge in [0.25, 0.3) is 0 Å². The molecule has 0 aliphatic carbocycles. The molecule has 2 N–H and O–H groups in total. The number of hydrogen-bond donors (Lipinski definition) is 2. The van der Waals surface area contributed by atoms with Gasteiger partial charge in [-0.1, -0.05) is 18.2 Å². The van der Waals surface area contributed by atoms with E-state index in [0.29, 0.717) is 6.42 Å². The third kappa shape index (κ3) is 7.17. The normalized spacial score (nSPS) is 12.6. The first kappa shape index (κ1) is 22.9. The van der Waals surface area contributed by atoms with Crippen molar-refractivity contribution >= 4 is 21.6 Å². The van der Waals surface area contributed by atoms with Crippen LogP contribution in [-0.4, -0.2) is 19.9 Å². The highest BCUT2D eigenvalue weighted by Gasteiger charge is 2.30. The average Bonchev–Trinajstić information content (AvgIpc) is 2.58. The number of benzene rings is 2. The monoisotopic (exact) mass is 428 g/mol. The highest BCUT2D eigenvalue weighted by atomic mass is 32.2. The number of anilines is 1. The van der Waals surface area contributed by atoms with E-state index >= 15 is 0 Å². The smallest absolute Gasteiger partial charge is 0.326 e. The molecule has 0 saturated heterocycles. The summed E-state index contributed by atoms with van der Waals surface area (Å²) >= 11 is 0. The summed E-state index contributed by atoms with van der Waals surface area (Å²) in [5.41, 5.74) is -0.645. The van der Waals surface area contributed by atoms with Gasteiger partial charge in [-0.15, -0.1) is 0 Å². The minimum atomic E-state index is -4.48. The second kappa shape index (κ2) is 8.54. The molecule has 158 valence electrons. The van der Waals surface area contributed by atoms with Crippen LogP contribution in [0.2, 0.25) is 0 Å². The Morgan fingerprint density at radius 1 is 1.00 bits per heavy atom. The number of hydrogen-bond acceptors (Lipinski definition) is 3. The Labute approximate surface area is 168 Å². The second-order valence-corrected chi connectivity index (χ2v) is 9.31. The molecule has 0 aliphatic heterocycles. The summed E-state index contributed by atoms with van der Waals surface area (Å²) in [6.07, 6.45) is -4.12. The molecule has 0 aliphatic rings. The first-order chi connectivity index (χ1) is 13.3. The summed E-state index contributed by atoms with van der Waals surface area (Å²) in [4.78, 5) is 12.1. The van der Waals surface area contributed by atoms with E-state index in [9.17, 15) is 26.4 Å². The largest absolute Gasteiger partial charge is 0.416 e. The lowest BCUT2D eigenvalue weighted by Gasteiger charge is -2.20. The number of carbonyl (C=O) groups excluding carboxylic acids is 1. The van der Waals surface area contributed by atoms with E-state index in [4.69, 9.17) is 0 Å². The van der Waals surface area contributed by atoms with Crippen LogP contribution in [0.25, 0.3) is 0 Å². The summed E-state index contributed by atoms with van der Waals surface area (Å²) in [6.45, 7) is 5.21. The number of nitrogens with one attached hydrogen (secondary N) is 2. The number of alkyl halides is 3. The van der Waals surface area contributed by atoms with Gasteiger partial charge < -0.3 is 5.32 Å². The predicted octanol–water partition coefficient (Wildman–Crippen LogP) is 4.35. The minimum absolute atomic E-state index is 0.0442. The van der Waals surface area contributed by atoms with Gasteiger partial charge in [-0.05, 0) is 63.1 Å². The van der Waals surface area contributed by atoms with Crippen LogP contribution in [0.4, 0.5) is 18.9 Å². The van der Waals surface area contributed by atoms with Gasteiger partial charge in [-0.25, -0.2) is 13.1 Å². The van der Waals surface area contributed by atoms with Crippen LogP contribution < -0.4 is 10.0 Å². The second-order valence-electron chi connectivity index (χ2n) is 7.63. The Hall–Kier alpha value is -2.39. The molecule has 0 atom stereocenters. The van der Waals surface area contributed by atoms with Crippen molar-refractivity contribution in [2.45, 2.75) is 50.2 Å². The zero-order chi connectivity index (χ0) is 21.9. The van der Waals surface area contributed by atoms with E-state index in [1.54, 1.807) is 32.9 Å². The van der Waals surface area contributed by atoms with E-state index in [1.807, 2.05) is 0 Å². The summed E-state index contributed by atoms with van der Waals surface area (Å²) in [5, 5.41) is 2.44. The van der Waals surface area contributed by atoms with Gasteiger partial charge in [0.2, 0.25) is 15.9 Å². The highest BCUT2D eigenvalue weighted by Crippen LogP contribution is 2.30. The third-order valence-corrected chi connectivity index (χ3v) is 5.56. The number of rotatable bonds is 6. The molecule has 5 nitrogen and oxygen atoms in total. The maximum Gasteiger partial charge on any atom is 0.416 e. The Bertz CT molecular complexity index is 964. The van der Waals surface area contributed by atoms with Gasteiger partial charge in [-0.2, -0.15) is 13.2 Å². The summed E-state index contributed by atoms with van der Waals surface area (Å²) in [6, 6.07) is 10.5. The van der Waals surface area contributed by atoms with Crippen LogP contribution in [0.5, 0.6) is 0 Å². The van der Waals surface area contributed by atoms with Gasteiger partial charge in [0.1, 0.15) is 0 Å². The van der Waals surface area contributed by atoms with Crippen molar-refractivity contribution in [3.63, 3.8) is 0 Å². The Balaban J connectivity index is 1.96. The van der Waals surface area contributed by atoms with E-state index < -0.39 is 33.2 Å². The van der Waals surface area contributed by atoms with Gasteiger partial charge >= 0.3 is 6.18 Å². The van der Waals surface area contributed by atoms with Gasteiger partial charge in [-0.3, -0.25) is 4.79 Å². The molecule has 0 spiro atoms. The van der Waals surface area contributed by atoms with E-state index in [-0.39, 0.29) is 17.0 Å². The van der Waals surface area contributed by atoms with E-state index in [2.05, 4.69) is 10.0 Å². The molecular formula is C20H23F3N2O3S. The predicted molar refractivity (Wildman–Crippen MR) is 105 cm³/mol. The lowest BCUT2D eigenvalue weighted by Crippen LogP contribution is -2.40. The maximum absolute atomic E-state index is 12.7. The Morgan fingerprint density at radius 2 is 1.62 bits per heavy atom. The van der Waals surface area contributed by atoms with Crippen LogP contribution in [0.1, 0.15) is 38.3 Å². The summed E-state index contributed by atoms with van der Waals surface area (Å²) in [5.74, 6) is -0.435. The highest BCUT2D eigenvalue weighted by molar-refractivity contribution is 7.89. The molecule has 9 heteroatoms. The first-order valence-corrected chi connectivity index (χ1v) is 10.3. The molecule has 2 rings (SSSR count). The Morgan fingerprint density at radius 3 is 2.17 bits per heavy atom. The summed E-state index contributed by atoms with van der Waals surface area (Å²) < 4.78 is 65.3. The molecule has 0 bridgehead atoms. The number of aryl methyl sites for hydroxylation is 1. The number of sulfonamides is 1. The topological polar surface area (TPSA) is 75.3 Å². The molecule has 2 aromatic carbocycles. The average molecular weight is 428 g/mol. The summed E-state index contributed by atoms with van der Waals surface area (Å²) in [7, 11) is -3.64. The molecule has 0 saturated carbocycles. The van der Waals surface area contributed by atoms with Crippen LogP contribution in [0.3, 0.4) is 0 Å². The van der Waals surface area contributed by atoms with Crippen molar-refractivity contribution in [1.29, 1.82) is 0 Å².